The highest BCUT2D eigenvalue weighted by Crippen LogP contribution is 2.71. The summed E-state index contributed by atoms with van der Waals surface area (Å²) < 4.78 is 5.14. The number of esters is 1. The van der Waals surface area contributed by atoms with Gasteiger partial charge in [0.25, 0.3) is 0 Å². The summed E-state index contributed by atoms with van der Waals surface area (Å²) in [6.45, 7) is 6.81. The lowest BCUT2D eigenvalue weighted by atomic mass is 9.65. The third-order valence-electron chi connectivity index (χ3n) is 7.14. The van der Waals surface area contributed by atoms with Gasteiger partial charge in [0.05, 0.1) is 19.1 Å². The van der Waals surface area contributed by atoms with Gasteiger partial charge in [0.1, 0.15) is 0 Å². The Hall–Kier alpha value is -1.35. The van der Waals surface area contributed by atoms with Gasteiger partial charge in [0.15, 0.2) is 0 Å². The van der Waals surface area contributed by atoms with Crippen LogP contribution in [0, 0.1) is 28.6 Å². The van der Waals surface area contributed by atoms with Crippen LogP contribution in [0.1, 0.15) is 51.7 Å². The molecule has 0 aromatic heterocycles. The van der Waals surface area contributed by atoms with E-state index in [1.807, 2.05) is 30.3 Å². The molecule has 23 heavy (non-hydrogen) atoms. The number of carbonyl (C=O) groups excluding carboxylic acids is 1. The normalized spacial score (nSPS) is 36.0. The maximum absolute atomic E-state index is 12.5. The van der Waals surface area contributed by atoms with E-state index in [1.54, 1.807) is 0 Å². The molecule has 2 bridgehead atoms. The van der Waals surface area contributed by atoms with Gasteiger partial charge < -0.3 is 9.84 Å². The van der Waals surface area contributed by atoms with Crippen molar-refractivity contribution in [3.63, 3.8) is 0 Å². The standard InChI is InChI=1S/C20H28O3/c1-19(2)15-10-11-20(19,3)17(18(22)23-4)14(15)12-16(21)13-8-6-5-7-9-13/h5-9,14-17,21H,10-12H2,1-4H3/t14-,15-,16-,17+,20-/m1/s1. The number of carbonyl (C=O) groups is 1. The highest BCUT2D eigenvalue weighted by Gasteiger charge is 2.68. The van der Waals surface area contributed by atoms with Gasteiger partial charge in [-0.3, -0.25) is 4.79 Å². The molecule has 0 spiro atoms. The molecule has 3 nitrogen and oxygen atoms in total. The van der Waals surface area contributed by atoms with Gasteiger partial charge in [-0.25, -0.2) is 0 Å². The first-order chi connectivity index (χ1) is 10.8. The smallest absolute Gasteiger partial charge is 0.309 e. The zero-order valence-electron chi connectivity index (χ0n) is 14.6. The van der Waals surface area contributed by atoms with Gasteiger partial charge in [-0.15, -0.1) is 0 Å². The number of hydrogen-bond donors (Lipinski definition) is 1. The van der Waals surface area contributed by atoms with Crippen LogP contribution in [0.3, 0.4) is 0 Å². The van der Waals surface area contributed by atoms with Crippen molar-refractivity contribution >= 4 is 5.97 Å². The van der Waals surface area contributed by atoms with Gasteiger partial charge in [-0.2, -0.15) is 0 Å². The van der Waals surface area contributed by atoms with Crippen LogP contribution in [0.4, 0.5) is 0 Å². The van der Waals surface area contributed by atoms with E-state index in [0.29, 0.717) is 12.3 Å². The largest absolute Gasteiger partial charge is 0.469 e. The summed E-state index contributed by atoms with van der Waals surface area (Å²) in [4.78, 5) is 12.5. The number of fused-ring (bicyclic) bond motifs is 2. The van der Waals surface area contributed by atoms with Crippen LogP contribution in [-0.4, -0.2) is 18.2 Å². The minimum Gasteiger partial charge on any atom is -0.469 e. The maximum atomic E-state index is 12.5. The van der Waals surface area contributed by atoms with Crippen molar-refractivity contribution in [1.29, 1.82) is 0 Å². The molecule has 126 valence electrons. The molecule has 0 saturated heterocycles. The fourth-order valence-electron chi connectivity index (χ4n) is 5.50. The molecule has 2 fully saturated rings. The number of aliphatic hydroxyl groups is 1. The van der Waals surface area contributed by atoms with Crippen molar-refractivity contribution in [3.8, 4) is 0 Å². The average molecular weight is 316 g/mol. The molecular weight excluding hydrogens is 288 g/mol. The Balaban J connectivity index is 1.90. The second kappa shape index (κ2) is 5.62. The van der Waals surface area contributed by atoms with Crippen molar-refractivity contribution < 1.29 is 14.6 Å². The lowest BCUT2D eigenvalue weighted by molar-refractivity contribution is -0.153. The SMILES string of the molecule is COC(=O)[C@@H]1[C@H](C[C@@H](O)c2ccccc2)[C@H]2CC[C@@]1(C)C2(C)C. The number of benzene rings is 1. The van der Waals surface area contributed by atoms with E-state index in [9.17, 15) is 9.90 Å². The van der Waals surface area contributed by atoms with Crippen molar-refractivity contribution in [3.05, 3.63) is 35.9 Å². The summed E-state index contributed by atoms with van der Waals surface area (Å²) in [5.74, 6) is 0.439. The topological polar surface area (TPSA) is 46.5 Å². The Kier molecular flexibility index (Phi) is 4.04. The molecular formula is C20H28O3. The molecule has 1 aromatic rings. The van der Waals surface area contributed by atoms with E-state index < -0.39 is 6.10 Å². The number of methoxy groups -OCH3 is 1. The molecule has 1 aromatic carbocycles. The van der Waals surface area contributed by atoms with Gasteiger partial charge >= 0.3 is 5.97 Å². The Morgan fingerprint density at radius 2 is 1.96 bits per heavy atom. The summed E-state index contributed by atoms with van der Waals surface area (Å²) >= 11 is 0. The second-order valence-electron chi connectivity index (χ2n) is 8.11. The zero-order valence-corrected chi connectivity index (χ0v) is 14.6. The molecule has 0 unspecified atom stereocenters. The van der Waals surface area contributed by atoms with Crippen LogP contribution in [-0.2, 0) is 9.53 Å². The van der Waals surface area contributed by atoms with Crippen molar-refractivity contribution in [2.75, 3.05) is 7.11 Å². The predicted octanol–water partition coefficient (Wildman–Crippen LogP) is 3.97. The minimum atomic E-state index is -0.521. The van der Waals surface area contributed by atoms with Crippen molar-refractivity contribution in [1.82, 2.24) is 0 Å². The monoisotopic (exact) mass is 316 g/mol. The summed E-state index contributed by atoms with van der Waals surface area (Å²) in [5, 5.41) is 10.7. The molecule has 2 saturated carbocycles. The number of rotatable bonds is 4. The minimum absolute atomic E-state index is 0.0359. The van der Waals surface area contributed by atoms with Crippen LogP contribution in [0.25, 0.3) is 0 Å². The molecule has 0 heterocycles. The lowest BCUT2D eigenvalue weighted by Gasteiger charge is -2.38. The third-order valence-corrected chi connectivity index (χ3v) is 7.14. The summed E-state index contributed by atoms with van der Waals surface area (Å²) in [6, 6.07) is 9.76. The molecule has 3 heteroatoms. The van der Waals surface area contributed by atoms with E-state index in [4.69, 9.17) is 4.74 Å². The summed E-state index contributed by atoms with van der Waals surface area (Å²) in [7, 11) is 1.48. The Bertz CT molecular complexity index is 580. The van der Waals surface area contributed by atoms with E-state index >= 15 is 0 Å². The molecule has 3 rings (SSSR count). The first kappa shape index (κ1) is 16.5. The molecule has 0 aliphatic heterocycles. The quantitative estimate of drug-likeness (QED) is 0.855. The fraction of sp³-hybridized carbons (Fsp3) is 0.650. The summed E-state index contributed by atoms with van der Waals surface area (Å²) in [5.41, 5.74) is 1.00. The van der Waals surface area contributed by atoms with Crippen LogP contribution < -0.4 is 0 Å². The molecule has 2 aliphatic carbocycles. The van der Waals surface area contributed by atoms with Crippen LogP contribution in [0.2, 0.25) is 0 Å². The number of hydrogen-bond acceptors (Lipinski definition) is 3. The summed E-state index contributed by atoms with van der Waals surface area (Å²) in [6.07, 6.45) is 2.33. The molecule has 0 radical (unpaired) electrons. The molecule has 2 aliphatic rings. The first-order valence-corrected chi connectivity index (χ1v) is 8.64. The van der Waals surface area contributed by atoms with Gasteiger partial charge in [0, 0.05) is 0 Å². The number of ether oxygens (including phenoxy) is 1. The third kappa shape index (κ3) is 2.32. The Morgan fingerprint density at radius 1 is 1.30 bits per heavy atom. The van der Waals surface area contributed by atoms with Gasteiger partial charge in [-0.05, 0) is 47.5 Å². The molecule has 0 amide bonds. The van der Waals surface area contributed by atoms with E-state index in [0.717, 1.165) is 18.4 Å². The molecule has 5 atom stereocenters. The van der Waals surface area contributed by atoms with Crippen molar-refractivity contribution in [2.24, 2.45) is 28.6 Å². The first-order valence-electron chi connectivity index (χ1n) is 8.64. The second-order valence-corrected chi connectivity index (χ2v) is 8.11. The number of aliphatic hydroxyl groups excluding tert-OH is 1. The van der Waals surface area contributed by atoms with Crippen LogP contribution in [0.15, 0.2) is 30.3 Å². The average Bonchev–Trinajstić information content (AvgIpc) is 2.86. The molecule has 1 N–H and O–H groups in total. The van der Waals surface area contributed by atoms with Gasteiger partial charge in [-0.1, -0.05) is 51.1 Å². The lowest BCUT2D eigenvalue weighted by Crippen LogP contribution is -2.39. The van der Waals surface area contributed by atoms with E-state index in [-0.39, 0.29) is 28.6 Å². The highest BCUT2D eigenvalue weighted by molar-refractivity contribution is 5.75. The van der Waals surface area contributed by atoms with E-state index in [1.165, 1.54) is 7.11 Å². The predicted molar refractivity (Wildman–Crippen MR) is 89.6 cm³/mol. The maximum Gasteiger partial charge on any atom is 0.309 e. The zero-order chi connectivity index (χ0) is 16.8. The van der Waals surface area contributed by atoms with Crippen LogP contribution >= 0.6 is 0 Å². The van der Waals surface area contributed by atoms with E-state index in [2.05, 4.69) is 20.8 Å². The highest BCUT2D eigenvalue weighted by atomic mass is 16.5. The van der Waals surface area contributed by atoms with Crippen LogP contribution in [0.5, 0.6) is 0 Å². The van der Waals surface area contributed by atoms with Gasteiger partial charge in [0.2, 0.25) is 0 Å². The Labute approximate surface area is 139 Å². The van der Waals surface area contributed by atoms with Crippen molar-refractivity contribution in [2.45, 2.75) is 46.1 Å². The fourth-order valence-corrected chi connectivity index (χ4v) is 5.50. The Morgan fingerprint density at radius 3 is 2.57 bits per heavy atom.